The Labute approximate surface area is 172 Å². The van der Waals surface area contributed by atoms with E-state index in [1.54, 1.807) is 0 Å². The molecule has 0 spiro atoms. The molecule has 0 aliphatic carbocycles. The van der Waals surface area contributed by atoms with E-state index in [0.717, 1.165) is 37.2 Å². The lowest BCUT2D eigenvalue weighted by atomic mass is 10.3. The summed E-state index contributed by atoms with van der Waals surface area (Å²) in [4.78, 5) is 0. The van der Waals surface area contributed by atoms with E-state index in [2.05, 4.69) is 13.8 Å². The Morgan fingerprint density at radius 1 is 0.704 bits per heavy atom. The Hall–Kier alpha value is -1.31. The van der Waals surface area contributed by atoms with Gasteiger partial charge in [0.2, 0.25) is 0 Å². The molecular formula is C20H28N2O2S3. The lowest BCUT2D eigenvalue weighted by molar-refractivity contribution is 0.600. The predicted molar refractivity (Wildman–Crippen MR) is 121 cm³/mol. The fourth-order valence-electron chi connectivity index (χ4n) is 2.30. The molecule has 7 heteroatoms. The number of para-hydroxylation sites is 2. The second-order valence-electron chi connectivity index (χ2n) is 6.01. The van der Waals surface area contributed by atoms with Crippen LogP contribution in [0.3, 0.4) is 0 Å². The predicted octanol–water partition coefficient (Wildman–Crippen LogP) is 6.14. The minimum atomic E-state index is -3.74. The zero-order valence-electron chi connectivity index (χ0n) is 16.0. The van der Waals surface area contributed by atoms with Crippen LogP contribution in [0.25, 0.3) is 0 Å². The molecule has 0 fully saturated rings. The Balaban J connectivity index is 2.38. The first-order valence-corrected chi connectivity index (χ1v) is 12.6. The Morgan fingerprint density at radius 2 is 1.07 bits per heavy atom. The van der Waals surface area contributed by atoms with Crippen molar-refractivity contribution in [2.24, 2.45) is 0 Å². The fourth-order valence-corrected chi connectivity index (χ4v) is 6.96. The molecule has 0 saturated heterocycles. The number of hydrogen-bond acceptors (Lipinski definition) is 4. The lowest BCUT2D eigenvalue weighted by Gasteiger charge is -2.30. The van der Waals surface area contributed by atoms with Crippen LogP contribution in [-0.4, -0.2) is 19.9 Å². The van der Waals surface area contributed by atoms with Gasteiger partial charge < -0.3 is 0 Å². The van der Waals surface area contributed by atoms with Crippen LogP contribution in [-0.2, 0) is 10.2 Å². The largest absolute Gasteiger partial charge is 0.345 e. The molecular weight excluding hydrogens is 396 g/mol. The number of rotatable bonds is 12. The van der Waals surface area contributed by atoms with Crippen molar-refractivity contribution < 1.29 is 8.42 Å². The van der Waals surface area contributed by atoms with Crippen molar-refractivity contribution in [3.05, 3.63) is 60.7 Å². The van der Waals surface area contributed by atoms with E-state index in [1.807, 2.05) is 60.7 Å². The van der Waals surface area contributed by atoms with Gasteiger partial charge in [0.15, 0.2) is 0 Å². The van der Waals surface area contributed by atoms with Crippen LogP contribution in [0.4, 0.5) is 11.4 Å². The third kappa shape index (κ3) is 6.36. The third-order valence-corrected chi connectivity index (χ3v) is 8.62. The van der Waals surface area contributed by atoms with Crippen molar-refractivity contribution in [2.75, 3.05) is 18.9 Å². The molecule has 2 rings (SSSR count). The first-order valence-electron chi connectivity index (χ1n) is 9.32. The molecule has 0 bridgehead atoms. The standard InChI is InChI=1S/C20H28N2O2S3/c1-3-5-17-25-21(19-13-9-7-10-14-19)27(23,24)22(26-18-6-4-2)20-15-11-8-12-16-20/h7-16H,3-6,17-18H2,1-2H3. The maximum Gasteiger partial charge on any atom is 0.345 e. The van der Waals surface area contributed by atoms with Crippen LogP contribution in [0.2, 0.25) is 0 Å². The smallest absolute Gasteiger partial charge is 0.194 e. The number of benzene rings is 2. The van der Waals surface area contributed by atoms with E-state index in [4.69, 9.17) is 0 Å². The first kappa shape index (κ1) is 22.0. The highest BCUT2D eigenvalue weighted by atomic mass is 32.3. The molecule has 0 N–H and O–H groups in total. The molecule has 0 atom stereocenters. The van der Waals surface area contributed by atoms with Crippen LogP contribution in [0.1, 0.15) is 39.5 Å². The average molecular weight is 425 g/mol. The highest BCUT2D eigenvalue weighted by Gasteiger charge is 2.31. The summed E-state index contributed by atoms with van der Waals surface area (Å²) in [7, 11) is -3.74. The second kappa shape index (κ2) is 11.5. The van der Waals surface area contributed by atoms with Gasteiger partial charge in [-0.1, -0.05) is 63.1 Å². The molecule has 2 aromatic rings. The lowest BCUT2D eigenvalue weighted by Crippen LogP contribution is -2.37. The SMILES string of the molecule is CCCCSN(c1ccccc1)S(=O)(=O)N(SCCCC)c1ccccc1. The number of hydrogen-bond donors (Lipinski definition) is 0. The average Bonchev–Trinajstić information content (AvgIpc) is 2.69. The number of anilines is 2. The Bertz CT molecular complexity index is 696. The molecule has 148 valence electrons. The fraction of sp³-hybridized carbons (Fsp3) is 0.400. The van der Waals surface area contributed by atoms with Crippen LogP contribution in [0.15, 0.2) is 60.7 Å². The van der Waals surface area contributed by atoms with Gasteiger partial charge >= 0.3 is 10.2 Å². The molecule has 0 aromatic heterocycles. The van der Waals surface area contributed by atoms with Crippen LogP contribution < -0.4 is 7.42 Å². The molecule has 27 heavy (non-hydrogen) atoms. The van der Waals surface area contributed by atoms with E-state index >= 15 is 0 Å². The molecule has 0 heterocycles. The quantitative estimate of drug-likeness (QED) is 0.303. The normalized spacial score (nSPS) is 11.3. The van der Waals surface area contributed by atoms with Gasteiger partial charge in [-0.25, -0.2) is 0 Å². The third-order valence-electron chi connectivity index (χ3n) is 3.77. The first-order chi connectivity index (χ1) is 13.1. The van der Waals surface area contributed by atoms with Crippen molar-refractivity contribution in [3.63, 3.8) is 0 Å². The number of nitrogens with zero attached hydrogens (tertiary/aromatic N) is 2. The van der Waals surface area contributed by atoms with Crippen molar-refractivity contribution in [1.29, 1.82) is 0 Å². The van der Waals surface area contributed by atoms with E-state index in [0.29, 0.717) is 11.4 Å². The molecule has 0 aliphatic rings. The highest BCUT2D eigenvalue weighted by Crippen LogP contribution is 2.35. The number of unbranched alkanes of at least 4 members (excludes halogenated alkanes) is 2. The molecule has 0 radical (unpaired) electrons. The van der Waals surface area contributed by atoms with E-state index < -0.39 is 10.2 Å². The van der Waals surface area contributed by atoms with E-state index in [9.17, 15) is 8.42 Å². The van der Waals surface area contributed by atoms with Gasteiger partial charge in [0.1, 0.15) is 0 Å². The minimum absolute atomic E-state index is 0.677. The maximum absolute atomic E-state index is 13.6. The van der Waals surface area contributed by atoms with Crippen molar-refractivity contribution >= 4 is 45.5 Å². The Morgan fingerprint density at radius 3 is 1.41 bits per heavy atom. The summed E-state index contributed by atoms with van der Waals surface area (Å²) in [5.41, 5.74) is 1.35. The van der Waals surface area contributed by atoms with Gasteiger partial charge in [-0.2, -0.15) is 15.8 Å². The van der Waals surface area contributed by atoms with Crippen LogP contribution in [0, 0.1) is 0 Å². The summed E-state index contributed by atoms with van der Waals surface area (Å²) in [5.74, 6) is 1.51. The van der Waals surface area contributed by atoms with Crippen molar-refractivity contribution in [3.8, 4) is 0 Å². The van der Waals surface area contributed by atoms with Gasteiger partial charge in [0.05, 0.1) is 11.4 Å². The maximum atomic E-state index is 13.6. The second-order valence-corrected chi connectivity index (χ2v) is 10.2. The summed E-state index contributed by atoms with van der Waals surface area (Å²) in [6.07, 6.45) is 4.00. The molecule has 2 aromatic carbocycles. The monoisotopic (exact) mass is 424 g/mol. The van der Waals surface area contributed by atoms with Gasteiger partial charge in [0.25, 0.3) is 0 Å². The van der Waals surface area contributed by atoms with E-state index in [1.165, 1.54) is 31.3 Å². The molecule has 0 saturated carbocycles. The summed E-state index contributed by atoms with van der Waals surface area (Å²) in [6.45, 7) is 4.22. The topological polar surface area (TPSA) is 40.6 Å². The minimum Gasteiger partial charge on any atom is -0.194 e. The summed E-state index contributed by atoms with van der Waals surface area (Å²) >= 11 is 2.72. The molecule has 0 unspecified atom stereocenters. The van der Waals surface area contributed by atoms with Crippen molar-refractivity contribution in [1.82, 2.24) is 0 Å². The zero-order valence-corrected chi connectivity index (χ0v) is 18.4. The molecule has 0 aliphatic heterocycles. The summed E-state index contributed by atoms with van der Waals surface area (Å²) in [6, 6.07) is 18.7. The van der Waals surface area contributed by atoms with Gasteiger partial charge in [-0.15, -0.1) is 0 Å². The van der Waals surface area contributed by atoms with Crippen LogP contribution >= 0.6 is 23.9 Å². The zero-order chi connectivity index (χ0) is 19.5. The Kier molecular flexibility index (Phi) is 9.38. The molecule has 4 nitrogen and oxygen atoms in total. The van der Waals surface area contributed by atoms with Gasteiger partial charge in [-0.05, 0) is 61.0 Å². The summed E-state index contributed by atoms with van der Waals surface area (Å²) < 4.78 is 30.2. The van der Waals surface area contributed by atoms with Gasteiger partial charge in [0, 0.05) is 11.5 Å². The van der Waals surface area contributed by atoms with Crippen molar-refractivity contribution in [2.45, 2.75) is 39.5 Å². The van der Waals surface area contributed by atoms with Crippen LogP contribution in [0.5, 0.6) is 0 Å². The van der Waals surface area contributed by atoms with E-state index in [-0.39, 0.29) is 0 Å². The summed E-state index contributed by atoms with van der Waals surface area (Å²) in [5, 5.41) is 0. The highest BCUT2D eigenvalue weighted by molar-refractivity contribution is 8.22. The van der Waals surface area contributed by atoms with Gasteiger partial charge in [-0.3, -0.25) is 0 Å². The molecule has 0 amide bonds.